The minimum Gasteiger partial charge on any atom is -0.467 e. The highest BCUT2D eigenvalue weighted by molar-refractivity contribution is 5.87. The first-order valence-electron chi connectivity index (χ1n) is 4.84. The summed E-state index contributed by atoms with van der Waals surface area (Å²) in [4.78, 5) is 22.6. The predicted octanol–water partition coefficient (Wildman–Crippen LogP) is 0.0375. The van der Waals surface area contributed by atoms with Gasteiger partial charge in [0, 0.05) is 0 Å². The molecule has 88 valence electrons. The van der Waals surface area contributed by atoms with Crippen molar-refractivity contribution in [3.63, 3.8) is 0 Å². The predicted molar refractivity (Wildman–Crippen MR) is 57.1 cm³/mol. The van der Waals surface area contributed by atoms with E-state index in [2.05, 4.69) is 10.1 Å². The Morgan fingerprint density at radius 1 is 1.33 bits per heavy atom. The van der Waals surface area contributed by atoms with Crippen molar-refractivity contribution in [2.75, 3.05) is 7.11 Å². The summed E-state index contributed by atoms with van der Waals surface area (Å²) in [6.07, 6.45) is 0. The highest BCUT2D eigenvalue weighted by Gasteiger charge is 2.29. The number of nitrogens with two attached hydrogens (primary N) is 1. The van der Waals surface area contributed by atoms with E-state index in [4.69, 9.17) is 5.73 Å². The fraction of sp³-hybridized carbons (Fsp3) is 0.800. The van der Waals surface area contributed by atoms with Gasteiger partial charge in [0.1, 0.15) is 6.04 Å². The molecule has 2 atom stereocenters. The lowest BCUT2D eigenvalue weighted by Gasteiger charge is -2.26. The van der Waals surface area contributed by atoms with Crippen LogP contribution in [0.2, 0.25) is 0 Å². The molecular formula is C10H20N2O3. The van der Waals surface area contributed by atoms with Gasteiger partial charge in [-0.1, -0.05) is 20.8 Å². The first kappa shape index (κ1) is 13.9. The summed E-state index contributed by atoms with van der Waals surface area (Å²) in [6, 6.07) is -1.32. The molecule has 0 aliphatic heterocycles. The Labute approximate surface area is 90.4 Å². The number of methoxy groups -OCH3 is 1. The third kappa shape index (κ3) is 4.29. The van der Waals surface area contributed by atoms with Gasteiger partial charge in [-0.3, -0.25) is 4.79 Å². The lowest BCUT2D eigenvalue weighted by Crippen LogP contribution is -2.52. The molecule has 0 unspecified atom stereocenters. The van der Waals surface area contributed by atoms with Crippen LogP contribution in [0, 0.1) is 5.41 Å². The van der Waals surface area contributed by atoms with E-state index in [1.54, 1.807) is 6.92 Å². The normalized spacial score (nSPS) is 15.3. The zero-order chi connectivity index (χ0) is 12.2. The van der Waals surface area contributed by atoms with Crippen molar-refractivity contribution >= 4 is 11.9 Å². The third-order valence-corrected chi connectivity index (χ3v) is 2.13. The van der Waals surface area contributed by atoms with Gasteiger partial charge < -0.3 is 15.8 Å². The Kier molecular flexibility index (Phi) is 4.74. The molecule has 0 heterocycles. The van der Waals surface area contributed by atoms with E-state index in [0.29, 0.717) is 0 Å². The van der Waals surface area contributed by atoms with E-state index in [1.165, 1.54) is 7.11 Å². The van der Waals surface area contributed by atoms with Crippen LogP contribution in [-0.2, 0) is 14.3 Å². The number of hydrogen-bond acceptors (Lipinski definition) is 4. The lowest BCUT2D eigenvalue weighted by atomic mass is 9.87. The van der Waals surface area contributed by atoms with Gasteiger partial charge in [0.2, 0.25) is 5.91 Å². The summed E-state index contributed by atoms with van der Waals surface area (Å²) in [5.41, 5.74) is 5.39. The Hall–Kier alpha value is -1.10. The molecule has 15 heavy (non-hydrogen) atoms. The van der Waals surface area contributed by atoms with Crippen LogP contribution in [0.15, 0.2) is 0 Å². The topological polar surface area (TPSA) is 81.4 Å². The van der Waals surface area contributed by atoms with Gasteiger partial charge in [-0.05, 0) is 12.3 Å². The summed E-state index contributed by atoms with van der Waals surface area (Å²) in [5, 5.41) is 2.50. The van der Waals surface area contributed by atoms with Gasteiger partial charge in [0.05, 0.1) is 13.2 Å². The van der Waals surface area contributed by atoms with E-state index < -0.39 is 18.1 Å². The minimum absolute atomic E-state index is 0.333. The van der Waals surface area contributed by atoms with Crippen molar-refractivity contribution in [3.05, 3.63) is 0 Å². The minimum atomic E-state index is -0.670. The van der Waals surface area contributed by atoms with E-state index in [9.17, 15) is 9.59 Å². The summed E-state index contributed by atoms with van der Waals surface area (Å²) in [7, 11) is 1.27. The standard InChI is InChI=1S/C10H20N2O3/c1-6(9(14)15-5)12-8(13)7(11)10(2,3)4/h6-7H,11H2,1-5H3,(H,12,13)/t6-,7+/m0/s1. The summed E-state index contributed by atoms with van der Waals surface area (Å²) in [5.74, 6) is -0.829. The second-order valence-corrected chi connectivity index (χ2v) is 4.60. The number of hydrogen-bond donors (Lipinski definition) is 2. The average molecular weight is 216 g/mol. The second-order valence-electron chi connectivity index (χ2n) is 4.60. The molecule has 5 nitrogen and oxygen atoms in total. The van der Waals surface area contributed by atoms with Crippen LogP contribution in [0.3, 0.4) is 0 Å². The van der Waals surface area contributed by atoms with Crippen molar-refractivity contribution < 1.29 is 14.3 Å². The number of esters is 1. The molecule has 0 bridgehead atoms. The van der Waals surface area contributed by atoms with Gasteiger partial charge in [-0.2, -0.15) is 0 Å². The Bertz CT molecular complexity index is 246. The van der Waals surface area contributed by atoms with Crippen molar-refractivity contribution in [2.24, 2.45) is 11.1 Å². The molecule has 0 aromatic rings. The van der Waals surface area contributed by atoms with E-state index in [-0.39, 0.29) is 11.3 Å². The lowest BCUT2D eigenvalue weighted by molar-refractivity contribution is -0.145. The second kappa shape index (κ2) is 5.11. The number of rotatable bonds is 3. The van der Waals surface area contributed by atoms with Gasteiger partial charge >= 0.3 is 5.97 Å². The van der Waals surface area contributed by atoms with Crippen LogP contribution in [-0.4, -0.2) is 31.1 Å². The molecule has 0 aromatic heterocycles. The van der Waals surface area contributed by atoms with E-state index in [1.807, 2.05) is 20.8 Å². The number of amides is 1. The number of nitrogens with one attached hydrogen (secondary N) is 1. The Balaban J connectivity index is 4.32. The van der Waals surface area contributed by atoms with Crippen LogP contribution in [0.25, 0.3) is 0 Å². The van der Waals surface area contributed by atoms with Crippen molar-refractivity contribution in [1.29, 1.82) is 0 Å². The molecule has 5 heteroatoms. The number of ether oxygens (including phenoxy) is 1. The summed E-state index contributed by atoms with van der Waals surface area (Å²) in [6.45, 7) is 7.14. The fourth-order valence-corrected chi connectivity index (χ4v) is 0.932. The molecule has 3 N–H and O–H groups in total. The SMILES string of the molecule is COC(=O)[C@H](C)NC(=O)[C@@H](N)C(C)(C)C. The quantitative estimate of drug-likeness (QED) is 0.652. The summed E-state index contributed by atoms with van der Waals surface area (Å²) < 4.78 is 4.48. The zero-order valence-corrected chi connectivity index (χ0v) is 9.96. The molecule has 0 aliphatic carbocycles. The maximum atomic E-state index is 11.6. The highest BCUT2D eigenvalue weighted by atomic mass is 16.5. The smallest absolute Gasteiger partial charge is 0.328 e. The van der Waals surface area contributed by atoms with Crippen LogP contribution in [0.1, 0.15) is 27.7 Å². The number of carbonyl (C=O) groups is 2. The monoisotopic (exact) mass is 216 g/mol. The maximum Gasteiger partial charge on any atom is 0.328 e. The average Bonchev–Trinajstić information content (AvgIpc) is 2.13. The third-order valence-electron chi connectivity index (χ3n) is 2.13. The fourth-order valence-electron chi connectivity index (χ4n) is 0.932. The molecule has 0 fully saturated rings. The van der Waals surface area contributed by atoms with Gasteiger partial charge in [0.25, 0.3) is 0 Å². The molecule has 0 saturated heterocycles. The van der Waals surface area contributed by atoms with Crippen LogP contribution in [0.4, 0.5) is 0 Å². The molecule has 0 rings (SSSR count). The molecule has 0 radical (unpaired) electrons. The van der Waals surface area contributed by atoms with Gasteiger partial charge in [-0.25, -0.2) is 4.79 Å². The van der Waals surface area contributed by atoms with Crippen LogP contribution < -0.4 is 11.1 Å². The van der Waals surface area contributed by atoms with Crippen molar-refractivity contribution in [1.82, 2.24) is 5.32 Å². The summed E-state index contributed by atoms with van der Waals surface area (Å²) >= 11 is 0. The van der Waals surface area contributed by atoms with Crippen molar-refractivity contribution in [3.8, 4) is 0 Å². The Morgan fingerprint density at radius 3 is 2.13 bits per heavy atom. The first-order chi connectivity index (χ1) is 6.70. The first-order valence-corrected chi connectivity index (χ1v) is 4.84. The van der Waals surface area contributed by atoms with Gasteiger partial charge in [0.15, 0.2) is 0 Å². The molecule has 0 saturated carbocycles. The van der Waals surface area contributed by atoms with Crippen molar-refractivity contribution in [2.45, 2.75) is 39.8 Å². The molecular weight excluding hydrogens is 196 g/mol. The largest absolute Gasteiger partial charge is 0.467 e. The zero-order valence-electron chi connectivity index (χ0n) is 9.96. The molecule has 1 amide bonds. The molecule has 0 aliphatic rings. The molecule has 0 spiro atoms. The van der Waals surface area contributed by atoms with Gasteiger partial charge in [-0.15, -0.1) is 0 Å². The van der Waals surface area contributed by atoms with Crippen LogP contribution >= 0.6 is 0 Å². The van der Waals surface area contributed by atoms with E-state index >= 15 is 0 Å². The molecule has 0 aromatic carbocycles. The number of carbonyl (C=O) groups excluding carboxylic acids is 2. The highest BCUT2D eigenvalue weighted by Crippen LogP contribution is 2.17. The van der Waals surface area contributed by atoms with Crippen LogP contribution in [0.5, 0.6) is 0 Å². The maximum absolute atomic E-state index is 11.6. The van der Waals surface area contributed by atoms with E-state index in [0.717, 1.165) is 0 Å². The Morgan fingerprint density at radius 2 is 1.80 bits per heavy atom.